The maximum absolute atomic E-state index is 9.10. The second kappa shape index (κ2) is 4.54. The summed E-state index contributed by atoms with van der Waals surface area (Å²) < 4.78 is 0. The van der Waals surface area contributed by atoms with Crippen molar-refractivity contribution < 1.29 is 5.11 Å². The van der Waals surface area contributed by atoms with Gasteiger partial charge in [0.2, 0.25) is 0 Å². The van der Waals surface area contributed by atoms with Crippen molar-refractivity contribution in [1.29, 1.82) is 10.5 Å². The first kappa shape index (κ1) is 9.63. The summed E-state index contributed by atoms with van der Waals surface area (Å²) in [5.74, 6) is 0.124. The number of hydrogen-bond donors (Lipinski definition) is 2. The van der Waals surface area contributed by atoms with Gasteiger partial charge in [-0.1, -0.05) is 6.07 Å². The van der Waals surface area contributed by atoms with E-state index in [-0.39, 0.29) is 11.3 Å². The van der Waals surface area contributed by atoms with Crippen molar-refractivity contribution in [1.82, 2.24) is 0 Å². The highest BCUT2D eigenvalue weighted by Gasteiger charge is 1.93. The van der Waals surface area contributed by atoms with Gasteiger partial charge in [0.05, 0.1) is 0 Å². The number of hydrogen-bond acceptors (Lipinski definition) is 4. The molecule has 0 spiro atoms. The molecule has 1 aromatic rings. The van der Waals surface area contributed by atoms with Crippen molar-refractivity contribution in [3.8, 4) is 17.9 Å². The Labute approximate surface area is 81.3 Å². The summed E-state index contributed by atoms with van der Waals surface area (Å²) in [5.41, 5.74) is 0.598. The standard InChI is InChI=1S/C10H7N3O/c11-5-8(6-12)7-13-9-2-1-3-10(14)4-9/h1-4,7,13-14H. The Kier molecular flexibility index (Phi) is 3.12. The van der Waals surface area contributed by atoms with Crippen molar-refractivity contribution in [2.24, 2.45) is 0 Å². The summed E-state index contributed by atoms with van der Waals surface area (Å²) in [6.45, 7) is 0. The Morgan fingerprint density at radius 1 is 1.36 bits per heavy atom. The van der Waals surface area contributed by atoms with Crippen LogP contribution < -0.4 is 5.32 Å². The van der Waals surface area contributed by atoms with Crippen molar-refractivity contribution in [2.45, 2.75) is 0 Å². The van der Waals surface area contributed by atoms with Crippen LogP contribution in [0.1, 0.15) is 0 Å². The van der Waals surface area contributed by atoms with Gasteiger partial charge < -0.3 is 10.4 Å². The van der Waals surface area contributed by atoms with E-state index in [9.17, 15) is 0 Å². The molecular weight excluding hydrogens is 178 g/mol. The zero-order valence-corrected chi connectivity index (χ0v) is 7.23. The molecule has 1 rings (SSSR count). The predicted molar refractivity (Wildman–Crippen MR) is 51.0 cm³/mol. The van der Waals surface area contributed by atoms with Crippen molar-refractivity contribution in [3.63, 3.8) is 0 Å². The van der Waals surface area contributed by atoms with Crippen molar-refractivity contribution >= 4 is 5.69 Å². The van der Waals surface area contributed by atoms with Crippen LogP contribution in [0.3, 0.4) is 0 Å². The second-order valence-corrected chi connectivity index (χ2v) is 2.48. The average molecular weight is 185 g/mol. The molecule has 0 unspecified atom stereocenters. The van der Waals surface area contributed by atoms with Gasteiger partial charge in [-0.25, -0.2) is 0 Å². The van der Waals surface area contributed by atoms with Crippen molar-refractivity contribution in [2.75, 3.05) is 5.32 Å². The highest BCUT2D eigenvalue weighted by molar-refractivity contribution is 5.52. The lowest BCUT2D eigenvalue weighted by atomic mass is 10.3. The molecule has 0 amide bonds. The Balaban J connectivity index is 2.77. The van der Waals surface area contributed by atoms with E-state index in [1.54, 1.807) is 24.3 Å². The Bertz CT molecular complexity index is 421. The third-order valence-electron chi connectivity index (χ3n) is 1.47. The molecule has 0 aliphatic rings. The molecule has 0 saturated heterocycles. The van der Waals surface area contributed by atoms with E-state index in [4.69, 9.17) is 15.6 Å². The quantitative estimate of drug-likeness (QED) is 0.687. The smallest absolute Gasteiger partial charge is 0.145 e. The van der Waals surface area contributed by atoms with Crippen LogP contribution in [-0.2, 0) is 0 Å². The fraction of sp³-hybridized carbons (Fsp3) is 0. The molecule has 0 atom stereocenters. The topological polar surface area (TPSA) is 79.8 Å². The molecule has 0 fully saturated rings. The van der Waals surface area contributed by atoms with Gasteiger partial charge in [0.25, 0.3) is 0 Å². The Morgan fingerprint density at radius 2 is 2.07 bits per heavy atom. The van der Waals surface area contributed by atoms with Crippen LogP contribution in [0.2, 0.25) is 0 Å². The van der Waals surface area contributed by atoms with Crippen LogP contribution in [0.5, 0.6) is 5.75 Å². The number of phenols is 1. The summed E-state index contributed by atoms with van der Waals surface area (Å²) in [5, 5.41) is 28.7. The summed E-state index contributed by atoms with van der Waals surface area (Å²) in [4.78, 5) is 0. The maximum Gasteiger partial charge on any atom is 0.145 e. The lowest BCUT2D eigenvalue weighted by Gasteiger charge is -1.99. The Hall–Kier alpha value is -2.46. The van der Waals surface area contributed by atoms with Crippen LogP contribution in [0.25, 0.3) is 0 Å². The number of aromatic hydroxyl groups is 1. The molecule has 4 heteroatoms. The lowest BCUT2D eigenvalue weighted by Crippen LogP contribution is -1.88. The van der Waals surface area contributed by atoms with Crippen LogP contribution in [0, 0.1) is 22.7 Å². The third kappa shape index (κ3) is 2.54. The van der Waals surface area contributed by atoms with Crippen LogP contribution in [-0.4, -0.2) is 5.11 Å². The summed E-state index contributed by atoms with van der Waals surface area (Å²) in [6, 6.07) is 9.81. The van der Waals surface area contributed by atoms with E-state index in [0.29, 0.717) is 5.69 Å². The van der Waals surface area contributed by atoms with E-state index < -0.39 is 0 Å². The molecule has 0 bridgehead atoms. The average Bonchev–Trinajstić information content (AvgIpc) is 2.19. The Morgan fingerprint density at radius 3 is 2.64 bits per heavy atom. The number of nitriles is 2. The number of phenolic OH excluding ortho intramolecular Hbond substituents is 1. The van der Waals surface area contributed by atoms with E-state index in [1.807, 2.05) is 0 Å². The fourth-order valence-corrected chi connectivity index (χ4v) is 0.841. The third-order valence-corrected chi connectivity index (χ3v) is 1.47. The molecule has 0 aliphatic carbocycles. The van der Waals surface area contributed by atoms with Crippen molar-refractivity contribution in [3.05, 3.63) is 36.0 Å². The molecule has 1 aromatic carbocycles. The van der Waals surface area contributed by atoms with Gasteiger partial charge in [-0.15, -0.1) is 0 Å². The molecule has 0 radical (unpaired) electrons. The van der Waals surface area contributed by atoms with Gasteiger partial charge in [0, 0.05) is 18.0 Å². The minimum Gasteiger partial charge on any atom is -0.508 e. The number of anilines is 1. The normalized spacial score (nSPS) is 8.14. The zero-order chi connectivity index (χ0) is 10.4. The first-order chi connectivity index (χ1) is 6.76. The molecular formula is C10H7N3O. The van der Waals surface area contributed by atoms with Crippen LogP contribution in [0.15, 0.2) is 36.0 Å². The molecule has 2 N–H and O–H groups in total. The number of rotatable bonds is 2. The molecule has 68 valence electrons. The summed E-state index contributed by atoms with van der Waals surface area (Å²) >= 11 is 0. The molecule has 14 heavy (non-hydrogen) atoms. The molecule has 0 aromatic heterocycles. The highest BCUT2D eigenvalue weighted by Crippen LogP contribution is 2.15. The second-order valence-electron chi connectivity index (χ2n) is 2.48. The largest absolute Gasteiger partial charge is 0.508 e. The number of benzene rings is 1. The SMILES string of the molecule is N#CC(C#N)=CNc1cccc(O)c1. The number of nitrogens with one attached hydrogen (secondary N) is 1. The van der Waals surface area contributed by atoms with E-state index in [0.717, 1.165) is 0 Å². The molecule has 4 nitrogen and oxygen atoms in total. The van der Waals surface area contributed by atoms with Crippen LogP contribution >= 0.6 is 0 Å². The highest BCUT2D eigenvalue weighted by atomic mass is 16.3. The van der Waals surface area contributed by atoms with E-state index in [1.165, 1.54) is 18.3 Å². The lowest BCUT2D eigenvalue weighted by molar-refractivity contribution is 0.475. The predicted octanol–water partition coefficient (Wildman–Crippen LogP) is 1.74. The fourth-order valence-electron chi connectivity index (χ4n) is 0.841. The molecule has 0 heterocycles. The zero-order valence-electron chi connectivity index (χ0n) is 7.23. The van der Waals surface area contributed by atoms with Gasteiger partial charge in [-0.2, -0.15) is 10.5 Å². The van der Waals surface area contributed by atoms with Crippen LogP contribution in [0.4, 0.5) is 5.69 Å². The molecule has 0 aliphatic heterocycles. The maximum atomic E-state index is 9.10. The first-order valence-electron chi connectivity index (χ1n) is 3.82. The minimum absolute atomic E-state index is 0.0201. The van der Waals surface area contributed by atoms with E-state index >= 15 is 0 Å². The van der Waals surface area contributed by atoms with Gasteiger partial charge >= 0.3 is 0 Å². The number of allylic oxidation sites excluding steroid dienone is 1. The van der Waals surface area contributed by atoms with Gasteiger partial charge in [0.15, 0.2) is 0 Å². The molecule has 0 saturated carbocycles. The monoisotopic (exact) mass is 185 g/mol. The summed E-state index contributed by atoms with van der Waals surface area (Å²) in [7, 11) is 0. The first-order valence-corrected chi connectivity index (χ1v) is 3.82. The van der Waals surface area contributed by atoms with E-state index in [2.05, 4.69) is 5.32 Å². The van der Waals surface area contributed by atoms with Gasteiger partial charge in [0.1, 0.15) is 23.5 Å². The number of nitrogens with zero attached hydrogens (tertiary/aromatic N) is 2. The summed E-state index contributed by atoms with van der Waals surface area (Å²) in [6.07, 6.45) is 1.29. The van der Waals surface area contributed by atoms with Gasteiger partial charge in [-0.05, 0) is 12.1 Å². The minimum atomic E-state index is -0.0201. The van der Waals surface area contributed by atoms with Gasteiger partial charge in [-0.3, -0.25) is 0 Å².